The van der Waals surface area contributed by atoms with Crippen molar-refractivity contribution in [1.29, 1.82) is 0 Å². The van der Waals surface area contributed by atoms with Gasteiger partial charge in [0.05, 0.1) is 6.04 Å². The zero-order valence-corrected chi connectivity index (χ0v) is 10.6. The van der Waals surface area contributed by atoms with Crippen LogP contribution in [0.1, 0.15) is 32.6 Å². The van der Waals surface area contributed by atoms with E-state index in [1.165, 1.54) is 25.9 Å². The van der Waals surface area contributed by atoms with Crippen LogP contribution in [0.3, 0.4) is 0 Å². The molecule has 1 amide bonds. The average Bonchev–Trinajstić information content (AvgIpc) is 3.14. The van der Waals surface area contributed by atoms with Crippen molar-refractivity contribution in [3.8, 4) is 0 Å². The minimum atomic E-state index is -0.0406. The molecule has 96 valence electrons. The molecule has 2 bridgehead atoms. The highest BCUT2D eigenvalue weighted by Crippen LogP contribution is 2.27. The summed E-state index contributed by atoms with van der Waals surface area (Å²) < 4.78 is 0. The van der Waals surface area contributed by atoms with Gasteiger partial charge in [-0.05, 0) is 51.6 Å². The number of carbonyl (C=O) groups is 1. The fourth-order valence-corrected chi connectivity index (χ4v) is 3.10. The van der Waals surface area contributed by atoms with Gasteiger partial charge in [0.15, 0.2) is 0 Å². The summed E-state index contributed by atoms with van der Waals surface area (Å²) in [5.41, 5.74) is 0. The third kappa shape index (κ3) is 2.63. The van der Waals surface area contributed by atoms with Gasteiger partial charge in [0.2, 0.25) is 5.91 Å². The van der Waals surface area contributed by atoms with Crippen molar-refractivity contribution in [3.63, 3.8) is 0 Å². The Bertz CT molecular complexity index is 295. The maximum atomic E-state index is 11.9. The Balaban J connectivity index is 1.50. The van der Waals surface area contributed by atoms with Gasteiger partial charge >= 0.3 is 0 Å². The minimum absolute atomic E-state index is 0.0406. The fraction of sp³-hybridized carbons (Fsp3) is 0.923. The second-order valence-electron chi connectivity index (χ2n) is 5.92. The molecule has 2 N–H and O–H groups in total. The van der Waals surface area contributed by atoms with Crippen LogP contribution in [-0.2, 0) is 4.79 Å². The van der Waals surface area contributed by atoms with Crippen molar-refractivity contribution in [2.24, 2.45) is 5.92 Å². The summed E-state index contributed by atoms with van der Waals surface area (Å²) >= 11 is 0. The second-order valence-corrected chi connectivity index (χ2v) is 5.92. The van der Waals surface area contributed by atoms with E-state index >= 15 is 0 Å². The van der Waals surface area contributed by atoms with Crippen LogP contribution in [0.5, 0.6) is 0 Å². The average molecular weight is 237 g/mol. The number of hydrogen-bond donors (Lipinski definition) is 2. The van der Waals surface area contributed by atoms with Crippen molar-refractivity contribution in [2.45, 2.75) is 50.7 Å². The third-order valence-electron chi connectivity index (χ3n) is 4.44. The van der Waals surface area contributed by atoms with Crippen LogP contribution < -0.4 is 10.6 Å². The lowest BCUT2D eigenvalue weighted by Gasteiger charge is -2.45. The number of nitrogens with zero attached hydrogens (tertiary/aromatic N) is 1. The molecule has 0 aromatic rings. The van der Waals surface area contributed by atoms with Crippen molar-refractivity contribution in [1.82, 2.24) is 15.5 Å². The maximum absolute atomic E-state index is 11.9. The van der Waals surface area contributed by atoms with E-state index in [0.717, 1.165) is 25.3 Å². The van der Waals surface area contributed by atoms with E-state index in [9.17, 15) is 4.79 Å². The Labute approximate surface area is 103 Å². The summed E-state index contributed by atoms with van der Waals surface area (Å²) in [5.74, 6) is 0.972. The monoisotopic (exact) mass is 237 g/mol. The first-order valence-electron chi connectivity index (χ1n) is 7.01. The number of hydrogen-bond acceptors (Lipinski definition) is 3. The fourth-order valence-electron chi connectivity index (χ4n) is 3.10. The molecule has 1 aliphatic carbocycles. The molecule has 4 fully saturated rings. The quantitative estimate of drug-likeness (QED) is 0.741. The summed E-state index contributed by atoms with van der Waals surface area (Å²) in [5, 5.41) is 6.60. The maximum Gasteiger partial charge on any atom is 0.237 e. The molecule has 2 unspecified atom stereocenters. The standard InChI is InChI=1S/C13H23N3O/c1-9(13(17)15-11-2-3-11)14-12-8-16-6-4-10(12)5-7-16/h9-12,14H,2-8H2,1H3,(H,15,17). The zero-order valence-electron chi connectivity index (χ0n) is 10.6. The lowest BCUT2D eigenvalue weighted by atomic mass is 9.83. The topological polar surface area (TPSA) is 44.4 Å². The van der Waals surface area contributed by atoms with Gasteiger partial charge < -0.3 is 15.5 Å². The Morgan fingerprint density at radius 1 is 1.24 bits per heavy atom. The lowest BCUT2D eigenvalue weighted by molar-refractivity contribution is -0.123. The largest absolute Gasteiger partial charge is 0.352 e. The molecule has 4 rings (SSSR count). The lowest BCUT2D eigenvalue weighted by Crippen LogP contribution is -2.59. The van der Waals surface area contributed by atoms with Gasteiger partial charge in [-0.3, -0.25) is 4.79 Å². The first-order valence-corrected chi connectivity index (χ1v) is 7.01. The van der Waals surface area contributed by atoms with Gasteiger partial charge in [-0.2, -0.15) is 0 Å². The highest BCUT2D eigenvalue weighted by molar-refractivity contribution is 5.81. The van der Waals surface area contributed by atoms with E-state index in [0.29, 0.717) is 12.1 Å². The smallest absolute Gasteiger partial charge is 0.237 e. The van der Waals surface area contributed by atoms with Crippen molar-refractivity contribution < 1.29 is 4.79 Å². The van der Waals surface area contributed by atoms with Crippen LogP contribution in [0.4, 0.5) is 0 Å². The predicted octanol–water partition coefficient (Wildman–Crippen LogP) is 0.337. The van der Waals surface area contributed by atoms with Gasteiger partial charge in [-0.15, -0.1) is 0 Å². The number of nitrogens with one attached hydrogen (secondary N) is 2. The van der Waals surface area contributed by atoms with Crippen LogP contribution in [-0.4, -0.2) is 48.6 Å². The van der Waals surface area contributed by atoms with Crippen LogP contribution in [0.15, 0.2) is 0 Å². The Morgan fingerprint density at radius 2 is 1.94 bits per heavy atom. The predicted molar refractivity (Wildman–Crippen MR) is 66.7 cm³/mol. The van der Waals surface area contributed by atoms with Gasteiger partial charge in [-0.1, -0.05) is 0 Å². The molecular weight excluding hydrogens is 214 g/mol. The Morgan fingerprint density at radius 3 is 2.47 bits per heavy atom. The minimum Gasteiger partial charge on any atom is -0.352 e. The second kappa shape index (κ2) is 4.58. The molecule has 0 radical (unpaired) electrons. The SMILES string of the molecule is CC(NC1CN2CCC1CC2)C(=O)NC1CC1. The molecule has 3 saturated heterocycles. The van der Waals surface area contributed by atoms with Crippen LogP contribution >= 0.6 is 0 Å². The summed E-state index contributed by atoms with van der Waals surface area (Å²) in [6.45, 7) is 5.64. The van der Waals surface area contributed by atoms with Crippen molar-refractivity contribution >= 4 is 5.91 Å². The van der Waals surface area contributed by atoms with Crippen LogP contribution in [0.25, 0.3) is 0 Å². The number of piperidine rings is 3. The van der Waals surface area contributed by atoms with Crippen molar-refractivity contribution in [2.75, 3.05) is 19.6 Å². The van der Waals surface area contributed by atoms with E-state index < -0.39 is 0 Å². The highest BCUT2D eigenvalue weighted by Gasteiger charge is 2.35. The van der Waals surface area contributed by atoms with E-state index in [-0.39, 0.29) is 11.9 Å². The number of carbonyl (C=O) groups excluding carboxylic acids is 1. The molecule has 4 heteroatoms. The van der Waals surface area contributed by atoms with E-state index in [1.807, 2.05) is 6.92 Å². The normalized spacial score (nSPS) is 37.8. The number of rotatable bonds is 4. The van der Waals surface area contributed by atoms with Crippen LogP contribution in [0, 0.1) is 5.92 Å². The molecule has 0 aromatic carbocycles. The Kier molecular flexibility index (Phi) is 3.09. The first kappa shape index (κ1) is 11.5. The van der Waals surface area contributed by atoms with Crippen molar-refractivity contribution in [3.05, 3.63) is 0 Å². The summed E-state index contributed by atoms with van der Waals surface area (Å²) in [6.07, 6.45) is 4.93. The molecule has 2 atom stereocenters. The number of amides is 1. The molecule has 1 saturated carbocycles. The summed E-state index contributed by atoms with van der Waals surface area (Å²) in [4.78, 5) is 14.4. The molecule has 4 aliphatic rings. The van der Waals surface area contributed by atoms with Crippen LogP contribution in [0.2, 0.25) is 0 Å². The highest BCUT2D eigenvalue weighted by atomic mass is 16.2. The number of fused-ring (bicyclic) bond motifs is 3. The molecular formula is C13H23N3O. The molecule has 4 nitrogen and oxygen atoms in total. The first-order chi connectivity index (χ1) is 8.22. The zero-order chi connectivity index (χ0) is 11.8. The summed E-state index contributed by atoms with van der Waals surface area (Å²) in [7, 11) is 0. The molecule has 3 aliphatic heterocycles. The van der Waals surface area contributed by atoms with E-state index in [1.54, 1.807) is 0 Å². The van der Waals surface area contributed by atoms with E-state index in [4.69, 9.17) is 0 Å². The molecule has 17 heavy (non-hydrogen) atoms. The molecule has 0 aromatic heterocycles. The summed E-state index contributed by atoms with van der Waals surface area (Å²) in [6, 6.07) is 0.955. The van der Waals surface area contributed by atoms with Gasteiger partial charge in [0.25, 0.3) is 0 Å². The third-order valence-corrected chi connectivity index (χ3v) is 4.44. The van der Waals surface area contributed by atoms with Gasteiger partial charge in [-0.25, -0.2) is 0 Å². The molecule has 3 heterocycles. The van der Waals surface area contributed by atoms with Gasteiger partial charge in [0.1, 0.15) is 0 Å². The Hall–Kier alpha value is -0.610. The van der Waals surface area contributed by atoms with E-state index in [2.05, 4.69) is 15.5 Å². The van der Waals surface area contributed by atoms with Gasteiger partial charge in [0, 0.05) is 18.6 Å². The molecule has 0 spiro atoms.